The Bertz CT molecular complexity index is 366. The average Bonchev–Trinajstić information content (AvgIpc) is 2.18. The summed E-state index contributed by atoms with van der Waals surface area (Å²) < 4.78 is 0. The maximum Gasteiger partial charge on any atom is 0.0991 e. The molecule has 0 saturated heterocycles. The van der Waals surface area contributed by atoms with Gasteiger partial charge in [0.2, 0.25) is 0 Å². The van der Waals surface area contributed by atoms with Crippen LogP contribution in [0.5, 0.6) is 0 Å². The van der Waals surface area contributed by atoms with E-state index < -0.39 is 0 Å². The van der Waals surface area contributed by atoms with Crippen LogP contribution in [-0.2, 0) is 0 Å². The van der Waals surface area contributed by atoms with Crippen molar-refractivity contribution < 1.29 is 0 Å². The van der Waals surface area contributed by atoms with Crippen LogP contribution >= 0.6 is 0 Å². The normalized spacial score (nSPS) is 10.5. The minimum Gasteiger partial charge on any atom is -0.398 e. The Morgan fingerprint density at radius 1 is 1.38 bits per heavy atom. The number of benzene rings is 1. The summed E-state index contributed by atoms with van der Waals surface area (Å²) in [7, 11) is 0. The van der Waals surface area contributed by atoms with Crippen molar-refractivity contribution in [3.8, 4) is 6.07 Å². The van der Waals surface area contributed by atoms with E-state index in [1.54, 1.807) is 24.3 Å². The maximum absolute atomic E-state index is 8.56. The molecule has 0 radical (unpaired) electrons. The van der Waals surface area contributed by atoms with E-state index in [9.17, 15) is 0 Å². The molecular weight excluding hydrogens is 160 g/mol. The Balaban J connectivity index is 3.00. The molecule has 1 aromatic rings. The van der Waals surface area contributed by atoms with Crippen LogP contribution in [0.3, 0.4) is 0 Å². The number of hydrogen-bond donors (Lipinski definition) is 1. The van der Waals surface area contributed by atoms with Crippen molar-refractivity contribution in [3.63, 3.8) is 0 Å². The summed E-state index contributed by atoms with van der Waals surface area (Å²) in [4.78, 5) is 0. The summed E-state index contributed by atoms with van der Waals surface area (Å²) in [5.74, 6) is 0. The minimum atomic E-state index is 0.634. The molecule has 0 fully saturated rings. The molecule has 13 heavy (non-hydrogen) atoms. The van der Waals surface area contributed by atoms with Gasteiger partial charge in [-0.05, 0) is 23.8 Å². The number of allylic oxidation sites excluding steroid dienone is 2. The third-order valence-corrected chi connectivity index (χ3v) is 1.64. The Morgan fingerprint density at radius 3 is 2.46 bits per heavy atom. The quantitative estimate of drug-likeness (QED) is 0.690. The lowest BCUT2D eigenvalue weighted by Crippen LogP contribution is -1.95. The highest BCUT2D eigenvalue weighted by atomic mass is 14.6. The van der Waals surface area contributed by atoms with Gasteiger partial charge < -0.3 is 5.73 Å². The molecule has 0 unspecified atom stereocenters. The largest absolute Gasteiger partial charge is 0.398 e. The molecule has 0 aliphatic carbocycles. The predicted molar refractivity (Wildman–Crippen MR) is 53.5 cm³/mol. The van der Waals surface area contributed by atoms with E-state index in [4.69, 9.17) is 11.0 Å². The van der Waals surface area contributed by atoms with Gasteiger partial charge in [0.05, 0.1) is 11.6 Å². The van der Waals surface area contributed by atoms with Gasteiger partial charge in [-0.15, -0.1) is 0 Å². The van der Waals surface area contributed by atoms with Crippen molar-refractivity contribution in [1.82, 2.24) is 0 Å². The Labute approximate surface area is 77.6 Å². The molecule has 64 valence electrons. The Morgan fingerprint density at radius 2 is 2.00 bits per heavy atom. The molecule has 0 bridgehead atoms. The molecule has 1 rings (SSSR count). The molecule has 2 nitrogen and oxygen atoms in total. The zero-order chi connectivity index (χ0) is 9.68. The van der Waals surface area contributed by atoms with Gasteiger partial charge in [-0.1, -0.05) is 24.8 Å². The molecule has 0 heterocycles. The predicted octanol–water partition coefficient (Wildman–Crippen LogP) is 2.04. The van der Waals surface area contributed by atoms with Crippen LogP contribution in [0.25, 0.3) is 5.70 Å². The lowest BCUT2D eigenvalue weighted by molar-refractivity contribution is 1.46. The minimum absolute atomic E-state index is 0.634. The lowest BCUT2D eigenvalue weighted by Gasteiger charge is -1.99. The monoisotopic (exact) mass is 170 g/mol. The zero-order valence-electron chi connectivity index (χ0n) is 7.20. The molecule has 0 spiro atoms. The van der Waals surface area contributed by atoms with Crippen molar-refractivity contribution in [2.45, 2.75) is 0 Å². The fourth-order valence-electron chi connectivity index (χ4n) is 0.960. The third-order valence-electron chi connectivity index (χ3n) is 1.64. The molecule has 2 heteroatoms. The third kappa shape index (κ3) is 2.21. The molecule has 0 amide bonds. The summed E-state index contributed by atoms with van der Waals surface area (Å²) in [6.07, 6.45) is 3.36. The molecule has 0 aliphatic rings. The number of hydrogen-bond acceptors (Lipinski definition) is 2. The SMILES string of the molecule is C=C/C=C(\N)c1ccc(C#N)cc1. The van der Waals surface area contributed by atoms with E-state index in [1.165, 1.54) is 0 Å². The van der Waals surface area contributed by atoms with Crippen LogP contribution in [-0.4, -0.2) is 0 Å². The second-order valence-corrected chi connectivity index (χ2v) is 2.55. The topological polar surface area (TPSA) is 49.8 Å². The standard InChI is InChI=1S/C11H10N2/c1-2-3-11(13)10-6-4-9(8-12)5-7-10/h2-7H,1,13H2/b11-3-. The summed E-state index contributed by atoms with van der Waals surface area (Å²) in [6, 6.07) is 9.14. The number of rotatable bonds is 2. The molecule has 2 N–H and O–H groups in total. The Kier molecular flexibility index (Phi) is 2.88. The Hall–Kier alpha value is -2.01. The van der Waals surface area contributed by atoms with Gasteiger partial charge in [0.15, 0.2) is 0 Å². The summed E-state index contributed by atoms with van der Waals surface area (Å²) in [6.45, 7) is 3.55. The molecule has 0 aromatic heterocycles. The van der Waals surface area contributed by atoms with Gasteiger partial charge in [-0.2, -0.15) is 5.26 Å². The highest BCUT2D eigenvalue weighted by Crippen LogP contribution is 2.09. The summed E-state index contributed by atoms with van der Waals surface area (Å²) in [5.41, 5.74) is 7.89. The van der Waals surface area contributed by atoms with Crippen LogP contribution < -0.4 is 5.73 Å². The van der Waals surface area contributed by atoms with Gasteiger partial charge in [-0.3, -0.25) is 0 Å². The van der Waals surface area contributed by atoms with Gasteiger partial charge in [0.1, 0.15) is 0 Å². The van der Waals surface area contributed by atoms with E-state index in [0.29, 0.717) is 11.3 Å². The maximum atomic E-state index is 8.56. The van der Waals surface area contributed by atoms with Crippen LogP contribution in [0.4, 0.5) is 0 Å². The highest BCUT2D eigenvalue weighted by Gasteiger charge is 1.94. The van der Waals surface area contributed by atoms with E-state index >= 15 is 0 Å². The smallest absolute Gasteiger partial charge is 0.0991 e. The average molecular weight is 170 g/mol. The number of nitrogens with zero attached hydrogens (tertiary/aromatic N) is 1. The summed E-state index contributed by atoms with van der Waals surface area (Å²) in [5, 5.41) is 8.56. The van der Waals surface area contributed by atoms with Gasteiger partial charge in [-0.25, -0.2) is 0 Å². The van der Waals surface area contributed by atoms with E-state index in [-0.39, 0.29) is 0 Å². The van der Waals surface area contributed by atoms with Gasteiger partial charge in [0, 0.05) is 5.70 Å². The second kappa shape index (κ2) is 4.13. The summed E-state index contributed by atoms with van der Waals surface area (Å²) >= 11 is 0. The van der Waals surface area contributed by atoms with Crippen LogP contribution in [0.15, 0.2) is 43.0 Å². The number of nitriles is 1. The van der Waals surface area contributed by atoms with E-state index in [2.05, 4.69) is 6.58 Å². The second-order valence-electron chi connectivity index (χ2n) is 2.55. The van der Waals surface area contributed by atoms with Gasteiger partial charge >= 0.3 is 0 Å². The van der Waals surface area contributed by atoms with E-state index in [0.717, 1.165) is 5.56 Å². The fraction of sp³-hybridized carbons (Fsp3) is 0. The molecule has 0 atom stereocenters. The van der Waals surface area contributed by atoms with Crippen molar-refractivity contribution in [3.05, 3.63) is 54.1 Å². The van der Waals surface area contributed by atoms with E-state index in [1.807, 2.05) is 18.2 Å². The first kappa shape index (κ1) is 9.08. The van der Waals surface area contributed by atoms with Crippen LogP contribution in [0, 0.1) is 11.3 Å². The molecule has 1 aromatic carbocycles. The fourth-order valence-corrected chi connectivity index (χ4v) is 0.960. The number of nitrogens with two attached hydrogens (primary N) is 1. The first-order valence-corrected chi connectivity index (χ1v) is 3.86. The zero-order valence-corrected chi connectivity index (χ0v) is 7.20. The lowest BCUT2D eigenvalue weighted by atomic mass is 10.1. The van der Waals surface area contributed by atoms with Crippen molar-refractivity contribution in [1.29, 1.82) is 5.26 Å². The first-order chi connectivity index (χ1) is 6.27. The van der Waals surface area contributed by atoms with Gasteiger partial charge in [0.25, 0.3) is 0 Å². The molecule has 0 aliphatic heterocycles. The highest BCUT2D eigenvalue weighted by molar-refractivity contribution is 5.64. The molecule has 0 saturated carbocycles. The van der Waals surface area contributed by atoms with Crippen molar-refractivity contribution in [2.24, 2.45) is 5.73 Å². The van der Waals surface area contributed by atoms with Crippen molar-refractivity contribution in [2.75, 3.05) is 0 Å². The molecular formula is C11H10N2. The van der Waals surface area contributed by atoms with Crippen LogP contribution in [0.2, 0.25) is 0 Å². The first-order valence-electron chi connectivity index (χ1n) is 3.86. The van der Waals surface area contributed by atoms with Crippen LogP contribution in [0.1, 0.15) is 11.1 Å². The van der Waals surface area contributed by atoms with Crippen molar-refractivity contribution >= 4 is 5.70 Å².